The molecular formula is N4O12Th. The fraction of sp³-hybridized carbons (Fsp3) is 0. The molecule has 0 aliphatic rings. The Hall–Kier alpha value is -1.88. The SMILES string of the molecule is O=[N+]([O-])[O-].O=[N+]([O-])[O-].O=[N+]([O-])[O-].O=[N+]([O-])[O-].[Th+4]. The first-order valence-corrected chi connectivity index (χ1v) is 2.19. The van der Waals surface area contributed by atoms with E-state index in [2.05, 4.69) is 0 Å². The fourth-order valence-electron chi connectivity index (χ4n) is 0. The fourth-order valence-corrected chi connectivity index (χ4v) is 0. The van der Waals surface area contributed by atoms with Crippen LogP contribution in [0.1, 0.15) is 0 Å². The van der Waals surface area contributed by atoms with E-state index in [4.69, 9.17) is 61.3 Å². The van der Waals surface area contributed by atoms with Gasteiger partial charge < -0.3 is 61.3 Å². The van der Waals surface area contributed by atoms with Crippen molar-refractivity contribution in [3.05, 3.63) is 61.3 Å². The Labute approximate surface area is 121 Å². The Morgan fingerprint density at radius 2 is 0.412 bits per heavy atom. The van der Waals surface area contributed by atoms with Gasteiger partial charge in [0, 0.05) is 0 Å². The van der Waals surface area contributed by atoms with Crippen LogP contribution in [0, 0.1) is 101 Å². The van der Waals surface area contributed by atoms with Gasteiger partial charge in [0.05, 0.1) is 20.3 Å². The molecule has 16 nitrogen and oxygen atoms in total. The molecule has 0 aliphatic carbocycles. The maximum atomic E-state index is 8.25. The third-order valence-electron chi connectivity index (χ3n) is 0. The average Bonchev–Trinajstić information content (AvgIpc) is 1.76. The topological polar surface area (TPSA) is 265 Å². The Bertz CT molecular complexity index is 159. The van der Waals surface area contributed by atoms with Crippen LogP contribution in [-0.2, 0) is 0 Å². The summed E-state index contributed by atoms with van der Waals surface area (Å²) in [5, 5.41) is 59.0. The minimum atomic E-state index is -1.75. The Balaban J connectivity index is -0.0000000369. The molecule has 0 aromatic rings. The summed E-state index contributed by atoms with van der Waals surface area (Å²) >= 11 is 0. The van der Waals surface area contributed by atoms with Crippen molar-refractivity contribution in [2.24, 2.45) is 0 Å². The summed E-state index contributed by atoms with van der Waals surface area (Å²) < 4.78 is 0. The molecule has 0 spiro atoms. The summed E-state index contributed by atoms with van der Waals surface area (Å²) in [6.07, 6.45) is 0. The van der Waals surface area contributed by atoms with Crippen molar-refractivity contribution in [1.82, 2.24) is 0 Å². The van der Waals surface area contributed by atoms with E-state index >= 15 is 0 Å². The average molecular weight is 480 g/mol. The normalized spacial score (nSPS) is 5.65. The predicted octanol–water partition coefficient (Wildman–Crippen LogP) is -0.956. The van der Waals surface area contributed by atoms with Gasteiger partial charge in [-0.05, 0) is 0 Å². The Morgan fingerprint density at radius 1 is 0.412 bits per heavy atom. The number of rotatable bonds is 0. The van der Waals surface area contributed by atoms with Crippen LogP contribution in [0.3, 0.4) is 0 Å². The van der Waals surface area contributed by atoms with E-state index < -0.39 is 20.3 Å². The molecule has 0 N–H and O–H groups in total. The first-order valence-electron chi connectivity index (χ1n) is 2.19. The molecule has 0 bridgehead atoms. The van der Waals surface area contributed by atoms with Crippen LogP contribution in [-0.4, -0.2) is 20.3 Å². The molecule has 0 aromatic heterocycles. The van der Waals surface area contributed by atoms with Crippen molar-refractivity contribution >= 4 is 0 Å². The van der Waals surface area contributed by atoms with Crippen molar-refractivity contribution < 1.29 is 60.3 Å². The van der Waals surface area contributed by atoms with Crippen molar-refractivity contribution in [3.8, 4) is 0 Å². The molecule has 0 aliphatic heterocycles. The van der Waals surface area contributed by atoms with E-state index in [0.29, 0.717) is 0 Å². The first kappa shape index (κ1) is 29.4. The minimum absolute atomic E-state index is 0. The molecule has 0 atom stereocenters. The maximum absolute atomic E-state index is 8.25. The van der Waals surface area contributed by atoms with Gasteiger partial charge in [-0.15, -0.1) is 0 Å². The van der Waals surface area contributed by atoms with Gasteiger partial charge in [-0.3, -0.25) is 0 Å². The molecule has 0 aromatic carbocycles. The number of hydrogen-bond acceptors (Lipinski definition) is 12. The molecule has 0 unspecified atom stereocenters. The van der Waals surface area contributed by atoms with Crippen molar-refractivity contribution in [1.29, 1.82) is 0 Å². The zero-order valence-electron chi connectivity index (χ0n) is 7.19. The quantitative estimate of drug-likeness (QED) is 0.300. The number of hydrogen-bond donors (Lipinski definition) is 0. The van der Waals surface area contributed by atoms with E-state index in [-0.39, 0.29) is 39.9 Å². The molecule has 0 fully saturated rings. The zero-order valence-corrected chi connectivity index (χ0v) is 11.3. The molecule has 0 saturated heterocycles. The van der Waals surface area contributed by atoms with Crippen molar-refractivity contribution in [3.63, 3.8) is 0 Å². The third-order valence-corrected chi connectivity index (χ3v) is 0. The standard InChI is InChI=1S/4NO3.Th/c4*2-1(3)4;/q4*-1;+4. The van der Waals surface area contributed by atoms with Crippen LogP contribution in [0.4, 0.5) is 0 Å². The molecule has 17 heavy (non-hydrogen) atoms. The van der Waals surface area contributed by atoms with Gasteiger partial charge in [0.25, 0.3) is 0 Å². The molecule has 17 heteroatoms. The number of nitrogens with zero attached hydrogens (tertiary/aromatic N) is 4. The second-order valence-electron chi connectivity index (χ2n) is 0.894. The van der Waals surface area contributed by atoms with Gasteiger partial charge in [-0.1, -0.05) is 0 Å². The van der Waals surface area contributed by atoms with Crippen LogP contribution in [0.2, 0.25) is 0 Å². The molecule has 0 amide bonds. The largest absolute Gasteiger partial charge is 4.00 e. The van der Waals surface area contributed by atoms with E-state index in [1.165, 1.54) is 0 Å². The van der Waals surface area contributed by atoms with E-state index in [1.807, 2.05) is 0 Å². The third kappa shape index (κ3) is 590. The minimum Gasteiger partial charge on any atom is -0.356 e. The molecule has 96 valence electrons. The zero-order chi connectivity index (χ0) is 14.3. The molecule has 0 rings (SSSR count). The van der Waals surface area contributed by atoms with E-state index in [0.717, 1.165) is 0 Å². The summed E-state index contributed by atoms with van der Waals surface area (Å²) in [6, 6.07) is 0. The summed E-state index contributed by atoms with van der Waals surface area (Å²) in [5.41, 5.74) is 0. The van der Waals surface area contributed by atoms with Crippen LogP contribution < -0.4 is 0 Å². The van der Waals surface area contributed by atoms with Gasteiger partial charge >= 0.3 is 39.9 Å². The van der Waals surface area contributed by atoms with Crippen molar-refractivity contribution in [2.45, 2.75) is 0 Å². The summed E-state index contributed by atoms with van der Waals surface area (Å²) in [6.45, 7) is 0. The smallest absolute Gasteiger partial charge is 0.356 e. The molecule has 0 saturated carbocycles. The van der Waals surface area contributed by atoms with Crippen LogP contribution in [0.5, 0.6) is 0 Å². The van der Waals surface area contributed by atoms with Crippen LogP contribution in [0.25, 0.3) is 0 Å². The van der Waals surface area contributed by atoms with Crippen LogP contribution in [0.15, 0.2) is 0 Å². The van der Waals surface area contributed by atoms with E-state index in [9.17, 15) is 0 Å². The second-order valence-corrected chi connectivity index (χ2v) is 0.894. The summed E-state index contributed by atoms with van der Waals surface area (Å²) in [7, 11) is 0. The summed E-state index contributed by atoms with van der Waals surface area (Å²) in [4.78, 5) is 33.0. The van der Waals surface area contributed by atoms with Crippen LogP contribution >= 0.6 is 0 Å². The predicted molar refractivity (Wildman–Crippen MR) is 41.4 cm³/mol. The van der Waals surface area contributed by atoms with Crippen molar-refractivity contribution in [2.75, 3.05) is 0 Å². The summed E-state index contributed by atoms with van der Waals surface area (Å²) in [5.74, 6) is 0. The maximum Gasteiger partial charge on any atom is 4.00 e. The van der Waals surface area contributed by atoms with Gasteiger partial charge in [-0.25, -0.2) is 0 Å². The van der Waals surface area contributed by atoms with Gasteiger partial charge in [0.1, 0.15) is 0 Å². The monoisotopic (exact) mass is 480 g/mol. The Kier molecular flexibility index (Phi) is 41.1. The molecule has 0 radical (unpaired) electrons. The Morgan fingerprint density at radius 3 is 0.412 bits per heavy atom. The molecule has 0 heterocycles. The van der Waals surface area contributed by atoms with Gasteiger partial charge in [0.15, 0.2) is 0 Å². The first-order chi connectivity index (χ1) is 6.93. The second kappa shape index (κ2) is 23.7. The van der Waals surface area contributed by atoms with Gasteiger partial charge in [-0.2, -0.15) is 0 Å². The van der Waals surface area contributed by atoms with Gasteiger partial charge in [0.2, 0.25) is 0 Å². The van der Waals surface area contributed by atoms with E-state index in [1.54, 1.807) is 0 Å². The molecular weight excluding hydrogens is 480 g/mol.